The van der Waals surface area contributed by atoms with E-state index in [1.807, 2.05) is 6.92 Å². The lowest BCUT2D eigenvalue weighted by Crippen LogP contribution is -2.11. The van der Waals surface area contributed by atoms with Crippen molar-refractivity contribution in [2.24, 2.45) is 0 Å². The predicted octanol–water partition coefficient (Wildman–Crippen LogP) is 1.00. The summed E-state index contributed by atoms with van der Waals surface area (Å²) in [4.78, 5) is 18.2. The monoisotopic (exact) mass is 255 g/mol. The third-order valence-electron chi connectivity index (χ3n) is 2.13. The highest BCUT2D eigenvalue weighted by atomic mass is 16.6. The van der Waals surface area contributed by atoms with Gasteiger partial charge in [-0.1, -0.05) is 6.92 Å². The van der Waals surface area contributed by atoms with E-state index in [2.05, 4.69) is 20.6 Å². The maximum atomic E-state index is 10.8. The van der Waals surface area contributed by atoms with Gasteiger partial charge in [-0.15, -0.1) is 0 Å². The van der Waals surface area contributed by atoms with Crippen LogP contribution in [0.3, 0.4) is 0 Å². The summed E-state index contributed by atoms with van der Waals surface area (Å²) < 4.78 is 0. The van der Waals surface area contributed by atoms with Gasteiger partial charge in [0.1, 0.15) is 6.20 Å². The fourth-order valence-corrected chi connectivity index (χ4v) is 1.25. The van der Waals surface area contributed by atoms with E-state index in [1.54, 1.807) is 0 Å². The van der Waals surface area contributed by atoms with Gasteiger partial charge in [-0.2, -0.15) is 4.98 Å². The molecule has 8 heteroatoms. The van der Waals surface area contributed by atoms with Crippen LogP contribution < -0.4 is 10.6 Å². The van der Waals surface area contributed by atoms with E-state index in [4.69, 9.17) is 5.11 Å². The van der Waals surface area contributed by atoms with Crippen molar-refractivity contribution in [2.75, 3.05) is 30.3 Å². The summed E-state index contributed by atoms with van der Waals surface area (Å²) in [5, 5.41) is 25.2. The molecule has 0 radical (unpaired) electrons. The Morgan fingerprint density at radius 1 is 1.44 bits per heavy atom. The summed E-state index contributed by atoms with van der Waals surface area (Å²) in [7, 11) is 0. The Balaban J connectivity index is 2.82. The highest BCUT2D eigenvalue weighted by molar-refractivity contribution is 5.56. The Morgan fingerprint density at radius 3 is 2.83 bits per heavy atom. The maximum Gasteiger partial charge on any atom is 0.329 e. The van der Waals surface area contributed by atoms with Crippen LogP contribution in [0, 0.1) is 10.1 Å². The van der Waals surface area contributed by atoms with Gasteiger partial charge >= 0.3 is 5.69 Å². The number of nitro groups is 1. The molecule has 0 amide bonds. The Bertz CT molecular complexity index is 399. The zero-order valence-corrected chi connectivity index (χ0v) is 10.2. The van der Waals surface area contributed by atoms with Crippen molar-refractivity contribution < 1.29 is 10.0 Å². The van der Waals surface area contributed by atoms with Gasteiger partial charge in [-0.25, -0.2) is 4.98 Å². The van der Waals surface area contributed by atoms with Crippen molar-refractivity contribution in [3.63, 3.8) is 0 Å². The number of rotatable bonds is 8. The molecule has 0 saturated heterocycles. The maximum absolute atomic E-state index is 10.8. The summed E-state index contributed by atoms with van der Waals surface area (Å²) in [5.41, 5.74) is -0.171. The summed E-state index contributed by atoms with van der Waals surface area (Å²) in [6.07, 6.45) is 2.58. The van der Waals surface area contributed by atoms with Crippen molar-refractivity contribution in [1.82, 2.24) is 9.97 Å². The van der Waals surface area contributed by atoms with Crippen molar-refractivity contribution in [3.8, 4) is 0 Å². The quantitative estimate of drug-likeness (QED) is 0.360. The molecule has 0 aliphatic heterocycles. The lowest BCUT2D eigenvalue weighted by molar-refractivity contribution is -0.384. The first-order valence-corrected chi connectivity index (χ1v) is 5.79. The fraction of sp³-hybridized carbons (Fsp3) is 0.600. The van der Waals surface area contributed by atoms with Gasteiger partial charge in [0.05, 0.1) is 4.92 Å². The number of anilines is 2. The lowest BCUT2D eigenvalue weighted by Gasteiger charge is -2.07. The zero-order chi connectivity index (χ0) is 13.4. The highest BCUT2D eigenvalue weighted by Crippen LogP contribution is 2.21. The third kappa shape index (κ3) is 4.13. The van der Waals surface area contributed by atoms with Crippen LogP contribution in [0.5, 0.6) is 0 Å². The van der Waals surface area contributed by atoms with Crippen molar-refractivity contribution in [1.29, 1.82) is 0 Å². The average Bonchev–Trinajstić information content (AvgIpc) is 2.36. The molecule has 0 atom stereocenters. The number of hydrogen-bond donors (Lipinski definition) is 3. The molecule has 0 saturated carbocycles. The second kappa shape index (κ2) is 7.38. The minimum absolute atomic E-state index is 0.0207. The molecule has 3 N–H and O–H groups in total. The van der Waals surface area contributed by atoms with E-state index < -0.39 is 4.92 Å². The normalized spacial score (nSPS) is 10.1. The SMILES string of the molecule is CCCNc1ncc([N+](=O)[O-])c(NCCCO)n1. The predicted molar refractivity (Wildman–Crippen MR) is 67.7 cm³/mol. The molecule has 18 heavy (non-hydrogen) atoms. The number of aromatic nitrogens is 2. The molecule has 100 valence electrons. The molecule has 1 aromatic rings. The Labute approximate surface area is 105 Å². The first-order valence-electron chi connectivity index (χ1n) is 5.79. The van der Waals surface area contributed by atoms with Crippen LogP contribution in [0.2, 0.25) is 0 Å². The smallest absolute Gasteiger partial charge is 0.329 e. The van der Waals surface area contributed by atoms with E-state index in [9.17, 15) is 10.1 Å². The average molecular weight is 255 g/mol. The number of aliphatic hydroxyl groups excluding tert-OH is 1. The molecule has 0 unspecified atom stereocenters. The van der Waals surface area contributed by atoms with Crippen LogP contribution in [0.4, 0.5) is 17.5 Å². The van der Waals surface area contributed by atoms with E-state index in [0.717, 1.165) is 6.42 Å². The molecule has 0 aliphatic carbocycles. The summed E-state index contributed by atoms with van der Waals surface area (Å²) in [6.45, 7) is 3.14. The second-order valence-corrected chi connectivity index (χ2v) is 3.62. The topological polar surface area (TPSA) is 113 Å². The van der Waals surface area contributed by atoms with E-state index >= 15 is 0 Å². The molecule has 0 bridgehead atoms. The Kier molecular flexibility index (Phi) is 5.78. The van der Waals surface area contributed by atoms with Crippen molar-refractivity contribution in [2.45, 2.75) is 19.8 Å². The molecule has 1 heterocycles. The summed E-state index contributed by atoms with van der Waals surface area (Å²) in [6, 6.07) is 0. The van der Waals surface area contributed by atoms with Crippen LogP contribution in [-0.4, -0.2) is 39.7 Å². The number of hydrogen-bond acceptors (Lipinski definition) is 7. The van der Waals surface area contributed by atoms with Gasteiger partial charge < -0.3 is 15.7 Å². The van der Waals surface area contributed by atoms with E-state index in [-0.39, 0.29) is 18.1 Å². The first kappa shape index (κ1) is 14.1. The van der Waals surface area contributed by atoms with Crippen molar-refractivity contribution in [3.05, 3.63) is 16.3 Å². The first-order chi connectivity index (χ1) is 8.69. The molecule has 0 aromatic carbocycles. The highest BCUT2D eigenvalue weighted by Gasteiger charge is 2.16. The standard InChI is InChI=1S/C10H17N5O3/c1-2-4-12-10-13-7-8(15(17)18)9(14-10)11-5-3-6-16/h7,16H,2-6H2,1H3,(H2,11,12,13,14). The zero-order valence-electron chi connectivity index (χ0n) is 10.2. The molecule has 0 fully saturated rings. The van der Waals surface area contributed by atoms with Crippen LogP contribution in [0.15, 0.2) is 6.20 Å². The molecular formula is C10H17N5O3. The van der Waals surface area contributed by atoms with Gasteiger partial charge in [0.25, 0.3) is 0 Å². The van der Waals surface area contributed by atoms with Gasteiger partial charge in [-0.05, 0) is 12.8 Å². The molecule has 0 spiro atoms. The summed E-state index contributed by atoms with van der Waals surface area (Å²) >= 11 is 0. The molecular weight excluding hydrogens is 238 g/mol. The van der Waals surface area contributed by atoms with Gasteiger partial charge in [0.2, 0.25) is 11.8 Å². The molecule has 8 nitrogen and oxygen atoms in total. The van der Waals surface area contributed by atoms with Crippen LogP contribution in [-0.2, 0) is 0 Å². The lowest BCUT2D eigenvalue weighted by atomic mass is 10.4. The molecule has 0 aliphatic rings. The largest absolute Gasteiger partial charge is 0.396 e. The van der Waals surface area contributed by atoms with Crippen LogP contribution in [0.1, 0.15) is 19.8 Å². The third-order valence-corrected chi connectivity index (χ3v) is 2.13. The van der Waals surface area contributed by atoms with Gasteiger partial charge in [0, 0.05) is 19.7 Å². The number of nitrogens with zero attached hydrogens (tertiary/aromatic N) is 3. The minimum Gasteiger partial charge on any atom is -0.396 e. The van der Waals surface area contributed by atoms with E-state index in [1.165, 1.54) is 6.20 Å². The van der Waals surface area contributed by atoms with E-state index in [0.29, 0.717) is 25.5 Å². The fourth-order valence-electron chi connectivity index (χ4n) is 1.25. The minimum atomic E-state index is -0.537. The van der Waals surface area contributed by atoms with Gasteiger partial charge in [-0.3, -0.25) is 10.1 Å². The number of aliphatic hydroxyl groups is 1. The van der Waals surface area contributed by atoms with Gasteiger partial charge in [0.15, 0.2) is 0 Å². The Hall–Kier alpha value is -1.96. The molecule has 1 rings (SSSR count). The molecule has 1 aromatic heterocycles. The van der Waals surface area contributed by atoms with Crippen LogP contribution >= 0.6 is 0 Å². The number of nitrogens with one attached hydrogen (secondary N) is 2. The Morgan fingerprint density at radius 2 is 2.22 bits per heavy atom. The second-order valence-electron chi connectivity index (χ2n) is 3.62. The van der Waals surface area contributed by atoms with Crippen LogP contribution in [0.25, 0.3) is 0 Å². The summed E-state index contributed by atoms with van der Waals surface area (Å²) in [5.74, 6) is 0.524. The van der Waals surface area contributed by atoms with Crippen molar-refractivity contribution >= 4 is 17.5 Å².